The van der Waals surface area contributed by atoms with Gasteiger partial charge in [-0.05, 0) is 129 Å². The van der Waals surface area contributed by atoms with Crippen LogP contribution < -0.4 is 0 Å². The Morgan fingerprint density at radius 3 is 2.38 bits per heavy atom. The first-order valence-corrected chi connectivity index (χ1v) is 16.8. The minimum absolute atomic E-state index is 0.216. The normalized spacial score (nSPS) is 18.2. The molecule has 2 unspecified atom stereocenters. The largest absolute Gasteiger partial charge is 0.256 e. The molecule has 1 aromatic heterocycles. The summed E-state index contributed by atoms with van der Waals surface area (Å²) in [5, 5.41) is 2.66. The van der Waals surface area contributed by atoms with Crippen molar-refractivity contribution in [3.8, 4) is 33.5 Å². The number of allylic oxidation sites excluding steroid dienone is 11. The van der Waals surface area contributed by atoms with Crippen molar-refractivity contribution >= 4 is 16.3 Å². The maximum Gasteiger partial charge on any atom is 0.0736 e. The molecule has 8 rings (SSSR count). The van der Waals surface area contributed by atoms with E-state index in [9.17, 15) is 0 Å². The number of nitrogens with zero attached hydrogens (tertiary/aromatic N) is 1. The summed E-state index contributed by atoms with van der Waals surface area (Å²) in [7, 11) is 0. The van der Waals surface area contributed by atoms with Crippen molar-refractivity contribution in [3.05, 3.63) is 179 Å². The molecular weight excluding hydrogens is 567 g/mol. The van der Waals surface area contributed by atoms with Gasteiger partial charge in [-0.3, -0.25) is 4.98 Å². The highest BCUT2D eigenvalue weighted by Crippen LogP contribution is 2.49. The molecule has 2 atom stereocenters. The highest BCUT2D eigenvalue weighted by Gasteiger charge is 2.25. The molecular formula is C46H39N. The van der Waals surface area contributed by atoms with Gasteiger partial charge in [0.25, 0.3) is 0 Å². The molecule has 0 bridgehead atoms. The maximum absolute atomic E-state index is 4.90. The zero-order valence-corrected chi connectivity index (χ0v) is 27.4. The number of benzene rings is 4. The third-order valence-electron chi connectivity index (χ3n) is 10.4. The fourth-order valence-electron chi connectivity index (χ4n) is 7.84. The molecule has 47 heavy (non-hydrogen) atoms. The van der Waals surface area contributed by atoms with E-state index >= 15 is 0 Å². The van der Waals surface area contributed by atoms with Gasteiger partial charge in [-0.1, -0.05) is 116 Å². The summed E-state index contributed by atoms with van der Waals surface area (Å²) in [6.45, 7) is 11.2. The lowest BCUT2D eigenvalue weighted by molar-refractivity contribution is 0.784. The third kappa shape index (κ3) is 5.17. The summed E-state index contributed by atoms with van der Waals surface area (Å²) in [5.41, 5.74) is 17.8. The Kier molecular flexibility index (Phi) is 7.34. The van der Waals surface area contributed by atoms with E-state index in [0.29, 0.717) is 5.92 Å². The molecule has 5 aromatic rings. The second kappa shape index (κ2) is 11.8. The number of hydrogen-bond donors (Lipinski definition) is 0. The zero-order chi connectivity index (χ0) is 32.1. The zero-order valence-electron chi connectivity index (χ0n) is 27.4. The van der Waals surface area contributed by atoms with Gasteiger partial charge in [0.2, 0.25) is 0 Å². The Balaban J connectivity index is 1.27. The first kappa shape index (κ1) is 29.2. The average molecular weight is 606 g/mol. The minimum Gasteiger partial charge on any atom is -0.256 e. The topological polar surface area (TPSA) is 12.9 Å². The second-order valence-corrected chi connectivity index (χ2v) is 13.3. The van der Waals surface area contributed by atoms with Crippen LogP contribution in [0.15, 0.2) is 157 Å². The summed E-state index contributed by atoms with van der Waals surface area (Å²) in [4.78, 5) is 4.90. The fraction of sp³-hybridized carbons (Fsp3) is 0.152. The van der Waals surface area contributed by atoms with Crippen molar-refractivity contribution < 1.29 is 0 Å². The van der Waals surface area contributed by atoms with E-state index in [0.717, 1.165) is 18.5 Å². The van der Waals surface area contributed by atoms with E-state index in [2.05, 4.69) is 155 Å². The van der Waals surface area contributed by atoms with Gasteiger partial charge in [0, 0.05) is 23.6 Å². The molecule has 4 aromatic carbocycles. The monoisotopic (exact) mass is 605 g/mol. The Labute approximate surface area is 278 Å². The molecule has 0 amide bonds. The number of rotatable bonds is 6. The number of aromatic nitrogens is 1. The highest BCUT2D eigenvalue weighted by atomic mass is 14.7. The summed E-state index contributed by atoms with van der Waals surface area (Å²) in [6.07, 6.45) is 20.0. The van der Waals surface area contributed by atoms with Gasteiger partial charge in [0.05, 0.1) is 5.69 Å². The lowest BCUT2D eigenvalue weighted by Gasteiger charge is -2.26. The van der Waals surface area contributed by atoms with Gasteiger partial charge in [0.15, 0.2) is 0 Å². The molecule has 0 saturated carbocycles. The third-order valence-corrected chi connectivity index (χ3v) is 10.4. The van der Waals surface area contributed by atoms with Crippen molar-refractivity contribution in [1.29, 1.82) is 0 Å². The van der Waals surface area contributed by atoms with Gasteiger partial charge in [-0.25, -0.2) is 0 Å². The second-order valence-electron chi connectivity index (χ2n) is 13.3. The van der Waals surface area contributed by atoms with Crippen LogP contribution >= 0.6 is 0 Å². The molecule has 0 spiro atoms. The minimum atomic E-state index is 0.216. The fourth-order valence-corrected chi connectivity index (χ4v) is 7.84. The molecule has 228 valence electrons. The Bertz CT molecular complexity index is 2250. The lowest BCUT2D eigenvalue weighted by Crippen LogP contribution is -2.08. The highest BCUT2D eigenvalue weighted by molar-refractivity contribution is 6.16. The lowest BCUT2D eigenvalue weighted by atomic mass is 9.79. The Hall–Kier alpha value is -5.27. The first-order chi connectivity index (χ1) is 23.0. The van der Waals surface area contributed by atoms with Crippen LogP contribution in [0, 0.1) is 19.8 Å². The SMILES string of the molecule is C=C(/C=C(\C)C1=CC(c2cc3c4c(cccc4c2)-c2ccccc2-3)=CC(c2ccnc(-c3ccccc3C)c2C)C1)C1C=CC=CC1. The molecule has 3 aliphatic rings. The molecule has 0 radical (unpaired) electrons. The van der Waals surface area contributed by atoms with Crippen LogP contribution in [0.5, 0.6) is 0 Å². The predicted molar refractivity (Wildman–Crippen MR) is 200 cm³/mol. The van der Waals surface area contributed by atoms with Crippen LogP contribution in [-0.2, 0) is 0 Å². The van der Waals surface area contributed by atoms with E-state index in [-0.39, 0.29) is 5.92 Å². The Morgan fingerprint density at radius 1 is 0.830 bits per heavy atom. The Morgan fingerprint density at radius 2 is 1.60 bits per heavy atom. The van der Waals surface area contributed by atoms with Gasteiger partial charge >= 0.3 is 0 Å². The van der Waals surface area contributed by atoms with Crippen molar-refractivity contribution in [2.24, 2.45) is 5.92 Å². The quantitative estimate of drug-likeness (QED) is 0.172. The van der Waals surface area contributed by atoms with Gasteiger partial charge in [-0.2, -0.15) is 0 Å². The molecule has 0 fully saturated rings. The average Bonchev–Trinajstić information content (AvgIpc) is 3.43. The van der Waals surface area contributed by atoms with Crippen molar-refractivity contribution in [2.75, 3.05) is 0 Å². The molecule has 0 aliphatic heterocycles. The number of aryl methyl sites for hydroxylation is 1. The molecule has 0 N–H and O–H groups in total. The van der Waals surface area contributed by atoms with E-state index in [1.807, 2.05) is 6.20 Å². The van der Waals surface area contributed by atoms with Crippen LogP contribution in [-0.4, -0.2) is 4.98 Å². The molecule has 1 heterocycles. The summed E-state index contributed by atoms with van der Waals surface area (Å²) >= 11 is 0. The van der Waals surface area contributed by atoms with Crippen molar-refractivity contribution in [2.45, 2.75) is 39.5 Å². The number of hydrogen-bond acceptors (Lipinski definition) is 1. The maximum atomic E-state index is 4.90. The van der Waals surface area contributed by atoms with Gasteiger partial charge in [0.1, 0.15) is 0 Å². The van der Waals surface area contributed by atoms with Gasteiger partial charge < -0.3 is 0 Å². The van der Waals surface area contributed by atoms with Crippen molar-refractivity contribution in [3.63, 3.8) is 0 Å². The summed E-state index contributed by atoms with van der Waals surface area (Å²) in [6, 6.07) is 31.2. The molecule has 3 aliphatic carbocycles. The molecule has 0 saturated heterocycles. The van der Waals surface area contributed by atoms with E-state index < -0.39 is 0 Å². The standard InChI is InChI=1S/C46H39N/c1-29-13-8-9-17-39(29)46-32(4)40(21-22-47-46)38-26-35(31(3)23-30(2)33-14-6-5-7-15-33)25-36(27-38)37-24-34-16-12-20-43-41-18-10-11-19-42(41)44(28-37)45(34)43/h5-14,16-25,27-28,33,38H,2,15,26H2,1,3-4H3/b31-23+. The van der Waals surface area contributed by atoms with Crippen molar-refractivity contribution in [1.82, 2.24) is 4.98 Å². The van der Waals surface area contributed by atoms with Crippen LogP contribution in [0.1, 0.15) is 47.9 Å². The van der Waals surface area contributed by atoms with Crippen LogP contribution in [0.4, 0.5) is 0 Å². The number of pyridine rings is 1. The first-order valence-electron chi connectivity index (χ1n) is 16.8. The van der Waals surface area contributed by atoms with Crippen LogP contribution in [0.25, 0.3) is 49.9 Å². The summed E-state index contributed by atoms with van der Waals surface area (Å²) < 4.78 is 0. The van der Waals surface area contributed by atoms with Crippen LogP contribution in [0.2, 0.25) is 0 Å². The smallest absolute Gasteiger partial charge is 0.0736 e. The molecule has 1 heteroatoms. The van der Waals surface area contributed by atoms with E-state index in [1.54, 1.807) is 0 Å². The summed E-state index contributed by atoms with van der Waals surface area (Å²) in [5.74, 6) is 0.566. The number of fused-ring (bicyclic) bond motifs is 3. The molecule has 1 nitrogen and oxygen atoms in total. The van der Waals surface area contributed by atoms with Crippen LogP contribution in [0.3, 0.4) is 0 Å². The van der Waals surface area contributed by atoms with Gasteiger partial charge in [-0.15, -0.1) is 0 Å². The van der Waals surface area contributed by atoms with E-state index in [4.69, 9.17) is 4.98 Å². The predicted octanol–water partition coefficient (Wildman–Crippen LogP) is 12.3. The van der Waals surface area contributed by atoms with E-state index in [1.165, 1.54) is 83.1 Å².